The maximum Gasteiger partial charge on any atom is 0.222 e. The lowest BCUT2D eigenvalue weighted by atomic mass is 10.1. The number of hydrogen-bond donors (Lipinski definition) is 2. The Hall–Kier alpha value is -1.99. The summed E-state index contributed by atoms with van der Waals surface area (Å²) in [5, 5.41) is 2.85. The van der Waals surface area contributed by atoms with Crippen LogP contribution in [0.15, 0.2) is 12.1 Å². The van der Waals surface area contributed by atoms with Crippen molar-refractivity contribution >= 4 is 5.91 Å². The standard InChI is InChI=1S/C16H26N2O5/c1-20-12(10-17)9-14(19)18-8-7-11-5-6-13(21-2)16(23-4)15(11)22-3/h5-6,12H,7-10,17H2,1-4H3,(H,18,19). The fraction of sp³-hybridized carbons (Fsp3) is 0.562. The summed E-state index contributed by atoms with van der Waals surface area (Å²) >= 11 is 0. The van der Waals surface area contributed by atoms with Crippen LogP contribution >= 0.6 is 0 Å². The third-order valence-electron chi connectivity index (χ3n) is 3.51. The molecule has 1 unspecified atom stereocenters. The van der Waals surface area contributed by atoms with Crippen molar-refractivity contribution in [3.63, 3.8) is 0 Å². The van der Waals surface area contributed by atoms with Gasteiger partial charge in [-0.2, -0.15) is 0 Å². The average molecular weight is 326 g/mol. The quantitative estimate of drug-likeness (QED) is 0.659. The summed E-state index contributed by atoms with van der Waals surface area (Å²) in [6.45, 7) is 0.791. The maximum absolute atomic E-state index is 11.8. The Morgan fingerprint density at radius 1 is 1.13 bits per heavy atom. The first kappa shape index (κ1) is 19.1. The Balaban J connectivity index is 2.66. The SMILES string of the molecule is COc1ccc(CCNC(=O)CC(CN)OC)c(OC)c1OC. The van der Waals surface area contributed by atoms with Gasteiger partial charge in [0, 0.05) is 25.8 Å². The fourth-order valence-electron chi connectivity index (χ4n) is 2.24. The van der Waals surface area contributed by atoms with Crippen LogP contribution in [0.4, 0.5) is 0 Å². The number of carbonyl (C=O) groups excluding carboxylic acids is 1. The number of benzene rings is 1. The van der Waals surface area contributed by atoms with Gasteiger partial charge in [-0.15, -0.1) is 0 Å². The number of amides is 1. The van der Waals surface area contributed by atoms with E-state index in [0.29, 0.717) is 36.8 Å². The Kier molecular flexibility index (Phi) is 8.21. The number of carbonyl (C=O) groups is 1. The van der Waals surface area contributed by atoms with Crippen LogP contribution in [0.5, 0.6) is 17.2 Å². The molecule has 7 heteroatoms. The molecule has 0 radical (unpaired) electrons. The minimum absolute atomic E-state index is 0.0956. The van der Waals surface area contributed by atoms with Gasteiger partial charge in [-0.1, -0.05) is 6.07 Å². The lowest BCUT2D eigenvalue weighted by Crippen LogP contribution is -2.33. The third kappa shape index (κ3) is 5.30. The van der Waals surface area contributed by atoms with Gasteiger partial charge >= 0.3 is 0 Å². The molecule has 0 saturated carbocycles. The Bertz CT molecular complexity index is 503. The second-order valence-electron chi connectivity index (χ2n) is 4.89. The van der Waals surface area contributed by atoms with Crippen molar-refractivity contribution in [2.45, 2.75) is 18.9 Å². The number of hydrogen-bond acceptors (Lipinski definition) is 6. The summed E-state index contributed by atoms with van der Waals surface area (Å²) in [5.74, 6) is 1.66. The molecular weight excluding hydrogens is 300 g/mol. The molecule has 0 heterocycles. The molecule has 23 heavy (non-hydrogen) atoms. The summed E-state index contributed by atoms with van der Waals surface area (Å²) in [6.07, 6.45) is 0.594. The van der Waals surface area contributed by atoms with Gasteiger partial charge in [-0.25, -0.2) is 0 Å². The summed E-state index contributed by atoms with van der Waals surface area (Å²) in [5.41, 5.74) is 6.42. The monoisotopic (exact) mass is 326 g/mol. The van der Waals surface area contributed by atoms with E-state index in [-0.39, 0.29) is 18.4 Å². The summed E-state index contributed by atoms with van der Waals surface area (Å²) < 4.78 is 21.1. The zero-order chi connectivity index (χ0) is 17.2. The number of nitrogens with one attached hydrogen (secondary N) is 1. The van der Waals surface area contributed by atoms with Crippen LogP contribution < -0.4 is 25.3 Å². The molecular formula is C16H26N2O5. The van der Waals surface area contributed by atoms with Crippen molar-refractivity contribution in [1.82, 2.24) is 5.32 Å². The second-order valence-corrected chi connectivity index (χ2v) is 4.89. The Morgan fingerprint density at radius 3 is 2.35 bits per heavy atom. The molecule has 0 fully saturated rings. The Morgan fingerprint density at radius 2 is 1.83 bits per heavy atom. The van der Waals surface area contributed by atoms with Crippen LogP contribution in [-0.4, -0.2) is 53.5 Å². The lowest BCUT2D eigenvalue weighted by molar-refractivity contribution is -0.123. The summed E-state index contributed by atoms with van der Waals surface area (Å²) in [6, 6.07) is 3.71. The van der Waals surface area contributed by atoms with E-state index in [9.17, 15) is 4.79 Å². The van der Waals surface area contributed by atoms with Crippen LogP contribution in [0.3, 0.4) is 0 Å². The third-order valence-corrected chi connectivity index (χ3v) is 3.51. The minimum Gasteiger partial charge on any atom is -0.493 e. The first-order chi connectivity index (χ1) is 11.1. The van der Waals surface area contributed by atoms with Crippen LogP contribution in [0.2, 0.25) is 0 Å². The smallest absolute Gasteiger partial charge is 0.222 e. The van der Waals surface area contributed by atoms with E-state index in [1.54, 1.807) is 28.4 Å². The zero-order valence-corrected chi connectivity index (χ0v) is 14.2. The molecule has 1 rings (SSSR count). The number of methoxy groups -OCH3 is 4. The van der Waals surface area contributed by atoms with Crippen LogP contribution in [0, 0.1) is 0 Å². The predicted octanol–water partition coefficient (Wildman–Crippen LogP) is 0.735. The van der Waals surface area contributed by atoms with Gasteiger partial charge in [-0.3, -0.25) is 4.79 Å². The normalized spacial score (nSPS) is 11.7. The number of rotatable bonds is 10. The zero-order valence-electron chi connectivity index (χ0n) is 14.2. The predicted molar refractivity (Wildman–Crippen MR) is 87.3 cm³/mol. The molecule has 7 nitrogen and oxygen atoms in total. The van der Waals surface area contributed by atoms with Gasteiger partial charge in [-0.05, 0) is 12.5 Å². The van der Waals surface area contributed by atoms with Gasteiger partial charge in [0.2, 0.25) is 11.7 Å². The maximum atomic E-state index is 11.8. The van der Waals surface area contributed by atoms with Crippen LogP contribution in [0.25, 0.3) is 0 Å². The highest BCUT2D eigenvalue weighted by molar-refractivity contribution is 5.76. The first-order valence-corrected chi connectivity index (χ1v) is 7.38. The van der Waals surface area contributed by atoms with Gasteiger partial charge in [0.25, 0.3) is 0 Å². The Labute approximate surface area is 137 Å². The first-order valence-electron chi connectivity index (χ1n) is 7.38. The number of nitrogens with two attached hydrogens (primary N) is 1. The number of ether oxygens (including phenoxy) is 4. The van der Waals surface area contributed by atoms with E-state index in [1.165, 1.54) is 0 Å². The molecule has 0 aliphatic rings. The molecule has 0 aliphatic carbocycles. The molecule has 1 aromatic carbocycles. The summed E-state index contributed by atoms with van der Waals surface area (Å²) in [4.78, 5) is 11.8. The molecule has 0 aromatic heterocycles. The van der Waals surface area contributed by atoms with Crippen molar-refractivity contribution in [2.24, 2.45) is 5.73 Å². The van der Waals surface area contributed by atoms with Crippen molar-refractivity contribution in [1.29, 1.82) is 0 Å². The molecule has 130 valence electrons. The van der Waals surface area contributed by atoms with Crippen molar-refractivity contribution < 1.29 is 23.7 Å². The molecule has 1 aromatic rings. The van der Waals surface area contributed by atoms with E-state index in [2.05, 4.69) is 5.32 Å². The van der Waals surface area contributed by atoms with E-state index in [1.807, 2.05) is 12.1 Å². The highest BCUT2D eigenvalue weighted by Crippen LogP contribution is 2.39. The average Bonchev–Trinajstić information content (AvgIpc) is 2.58. The molecule has 1 amide bonds. The highest BCUT2D eigenvalue weighted by Gasteiger charge is 2.16. The van der Waals surface area contributed by atoms with Crippen molar-refractivity contribution in [2.75, 3.05) is 41.5 Å². The van der Waals surface area contributed by atoms with Gasteiger partial charge < -0.3 is 30.0 Å². The van der Waals surface area contributed by atoms with Crippen molar-refractivity contribution in [3.05, 3.63) is 17.7 Å². The van der Waals surface area contributed by atoms with E-state index in [4.69, 9.17) is 24.7 Å². The molecule has 0 saturated heterocycles. The van der Waals surface area contributed by atoms with E-state index < -0.39 is 0 Å². The molecule has 0 bridgehead atoms. The van der Waals surface area contributed by atoms with Gasteiger partial charge in [0.15, 0.2) is 11.5 Å². The van der Waals surface area contributed by atoms with E-state index >= 15 is 0 Å². The molecule has 1 atom stereocenters. The lowest BCUT2D eigenvalue weighted by Gasteiger charge is -2.16. The molecule has 3 N–H and O–H groups in total. The largest absolute Gasteiger partial charge is 0.493 e. The van der Waals surface area contributed by atoms with Crippen LogP contribution in [0.1, 0.15) is 12.0 Å². The van der Waals surface area contributed by atoms with Crippen molar-refractivity contribution in [3.8, 4) is 17.2 Å². The topological polar surface area (TPSA) is 92.0 Å². The van der Waals surface area contributed by atoms with E-state index in [0.717, 1.165) is 5.56 Å². The van der Waals surface area contributed by atoms with Gasteiger partial charge in [0.05, 0.1) is 33.9 Å². The van der Waals surface area contributed by atoms with Crippen LogP contribution in [-0.2, 0) is 16.0 Å². The highest BCUT2D eigenvalue weighted by atomic mass is 16.5. The second kappa shape index (κ2) is 9.91. The molecule has 0 aliphatic heterocycles. The minimum atomic E-state index is -0.259. The molecule has 0 spiro atoms. The van der Waals surface area contributed by atoms with Gasteiger partial charge in [0.1, 0.15) is 0 Å². The fourth-order valence-corrected chi connectivity index (χ4v) is 2.24. The summed E-state index contributed by atoms with van der Waals surface area (Å²) in [7, 11) is 6.24.